The molecule has 0 saturated heterocycles. The molecule has 2 aromatic rings. The molecule has 11 heteroatoms. The molecule has 0 spiro atoms. The number of anilines is 1. The number of aliphatic imine (C=N–C) groups is 1. The predicted molar refractivity (Wildman–Crippen MR) is 105 cm³/mol. The Labute approximate surface area is 166 Å². The minimum atomic E-state index is -0.470. The Kier molecular flexibility index (Phi) is 7.18. The van der Waals surface area contributed by atoms with Crippen LogP contribution >= 0.6 is 0 Å². The summed E-state index contributed by atoms with van der Waals surface area (Å²) in [7, 11) is 2.88. The molecule has 29 heavy (non-hydrogen) atoms. The van der Waals surface area contributed by atoms with E-state index in [2.05, 4.69) is 27.0 Å². The number of amides is 2. The molecule has 3 N–H and O–H groups in total. The Balaban J connectivity index is 2.15. The van der Waals surface area contributed by atoms with Gasteiger partial charge in [-0.3, -0.25) is 19.4 Å². The smallest absolute Gasteiger partial charge is 0.257 e. The lowest BCUT2D eigenvalue weighted by Crippen LogP contribution is -2.39. The molecule has 1 heterocycles. The standard InChI is InChI=1S/C18H20N6O5/c1-20-14-12(4-5-13(15(14)28-3)29-7-6-25)17(27)24(2)10-23-16(26)11-8-21-18(19)22-9-11/h4-6,8-9H,1,7,10H2,2-3H3,(H,23,26)(H2,19,21,22). The molecule has 0 unspecified atom stereocenters. The summed E-state index contributed by atoms with van der Waals surface area (Å²) in [5.41, 5.74) is 5.93. The third-order valence-corrected chi connectivity index (χ3v) is 3.75. The van der Waals surface area contributed by atoms with Crippen LogP contribution in [0, 0.1) is 0 Å². The van der Waals surface area contributed by atoms with E-state index in [9.17, 15) is 14.4 Å². The number of carbonyl (C=O) groups excluding carboxylic acids is 3. The number of benzene rings is 1. The minimum Gasteiger partial charge on any atom is -0.491 e. The molecular formula is C18H20N6O5. The van der Waals surface area contributed by atoms with Gasteiger partial charge in [-0.1, -0.05) is 0 Å². The molecule has 0 fully saturated rings. The molecule has 2 amide bonds. The van der Waals surface area contributed by atoms with Crippen molar-refractivity contribution >= 4 is 36.5 Å². The van der Waals surface area contributed by atoms with Crippen LogP contribution in [-0.4, -0.2) is 67.1 Å². The maximum absolute atomic E-state index is 12.8. The van der Waals surface area contributed by atoms with Gasteiger partial charge in [-0.15, -0.1) is 0 Å². The van der Waals surface area contributed by atoms with E-state index in [0.717, 1.165) is 0 Å². The number of nitrogens with one attached hydrogen (secondary N) is 1. The van der Waals surface area contributed by atoms with E-state index in [-0.39, 0.29) is 47.5 Å². The van der Waals surface area contributed by atoms with E-state index in [4.69, 9.17) is 15.2 Å². The van der Waals surface area contributed by atoms with Crippen molar-refractivity contribution in [3.8, 4) is 11.5 Å². The third kappa shape index (κ3) is 5.03. The topological polar surface area (TPSA) is 149 Å². The number of hydrogen-bond acceptors (Lipinski definition) is 9. The first kappa shape index (κ1) is 21.3. The summed E-state index contributed by atoms with van der Waals surface area (Å²) in [5.74, 6) is -0.446. The molecule has 152 valence electrons. The first-order chi connectivity index (χ1) is 13.9. The molecule has 1 aromatic carbocycles. The second-order valence-corrected chi connectivity index (χ2v) is 5.63. The summed E-state index contributed by atoms with van der Waals surface area (Å²) in [6.07, 6.45) is 3.15. The predicted octanol–water partition coefficient (Wildman–Crippen LogP) is 0.437. The Morgan fingerprint density at radius 1 is 1.34 bits per heavy atom. The van der Waals surface area contributed by atoms with Gasteiger partial charge < -0.3 is 25.4 Å². The van der Waals surface area contributed by atoms with Crippen LogP contribution in [0.4, 0.5) is 11.6 Å². The normalized spacial score (nSPS) is 10.0. The number of carbonyl (C=O) groups is 3. The number of aldehydes is 1. The van der Waals surface area contributed by atoms with E-state index in [0.29, 0.717) is 6.29 Å². The molecule has 0 atom stereocenters. The Bertz CT molecular complexity index is 916. The number of methoxy groups -OCH3 is 1. The van der Waals surface area contributed by atoms with Crippen molar-refractivity contribution in [2.24, 2.45) is 4.99 Å². The van der Waals surface area contributed by atoms with Crippen LogP contribution in [0.2, 0.25) is 0 Å². The summed E-state index contributed by atoms with van der Waals surface area (Å²) in [5, 5.41) is 2.58. The van der Waals surface area contributed by atoms with E-state index < -0.39 is 11.8 Å². The van der Waals surface area contributed by atoms with Crippen LogP contribution in [0.25, 0.3) is 0 Å². The van der Waals surface area contributed by atoms with Gasteiger partial charge >= 0.3 is 0 Å². The minimum absolute atomic E-state index is 0.0489. The highest BCUT2D eigenvalue weighted by Crippen LogP contribution is 2.40. The number of nitrogens with zero attached hydrogens (tertiary/aromatic N) is 4. The van der Waals surface area contributed by atoms with Crippen molar-refractivity contribution < 1.29 is 23.9 Å². The van der Waals surface area contributed by atoms with Gasteiger partial charge in [0.25, 0.3) is 11.8 Å². The zero-order valence-corrected chi connectivity index (χ0v) is 15.9. The molecule has 0 aliphatic carbocycles. The largest absolute Gasteiger partial charge is 0.491 e. The quantitative estimate of drug-likeness (QED) is 0.350. The lowest BCUT2D eigenvalue weighted by atomic mass is 10.1. The zero-order valence-electron chi connectivity index (χ0n) is 15.9. The zero-order chi connectivity index (χ0) is 21.4. The molecule has 0 aliphatic rings. The third-order valence-electron chi connectivity index (χ3n) is 3.75. The van der Waals surface area contributed by atoms with Crippen LogP contribution in [0.15, 0.2) is 29.5 Å². The second kappa shape index (κ2) is 9.78. The molecule has 0 bridgehead atoms. The monoisotopic (exact) mass is 400 g/mol. The van der Waals surface area contributed by atoms with Gasteiger partial charge in [0.05, 0.1) is 24.9 Å². The SMILES string of the molecule is C=Nc1c(C(=O)N(C)CNC(=O)c2cnc(N)nc2)ccc(OCC=O)c1OC. The van der Waals surface area contributed by atoms with Crippen LogP contribution in [0.3, 0.4) is 0 Å². The van der Waals surface area contributed by atoms with Gasteiger partial charge in [-0.05, 0) is 18.9 Å². The fourth-order valence-electron chi connectivity index (χ4n) is 2.34. The fourth-order valence-corrected chi connectivity index (χ4v) is 2.34. The summed E-state index contributed by atoms with van der Waals surface area (Å²) >= 11 is 0. The van der Waals surface area contributed by atoms with Crippen LogP contribution in [0.5, 0.6) is 11.5 Å². The van der Waals surface area contributed by atoms with Crippen molar-refractivity contribution in [1.82, 2.24) is 20.2 Å². The Hall–Kier alpha value is -4.02. The number of aromatic nitrogens is 2. The van der Waals surface area contributed by atoms with Crippen LogP contribution in [0.1, 0.15) is 20.7 Å². The van der Waals surface area contributed by atoms with E-state index in [1.165, 1.54) is 43.6 Å². The van der Waals surface area contributed by atoms with Crippen molar-refractivity contribution in [2.75, 3.05) is 33.2 Å². The fraction of sp³-hybridized carbons (Fsp3) is 0.222. The summed E-state index contributed by atoms with van der Waals surface area (Å²) in [6, 6.07) is 2.96. The van der Waals surface area contributed by atoms with Crippen LogP contribution < -0.4 is 20.5 Å². The summed E-state index contributed by atoms with van der Waals surface area (Å²) in [4.78, 5) is 48.1. The maximum atomic E-state index is 12.8. The molecule has 0 radical (unpaired) electrons. The Morgan fingerprint density at radius 3 is 2.62 bits per heavy atom. The maximum Gasteiger partial charge on any atom is 0.257 e. The van der Waals surface area contributed by atoms with Crippen LogP contribution in [-0.2, 0) is 4.79 Å². The lowest BCUT2D eigenvalue weighted by molar-refractivity contribution is -0.109. The number of nitrogens with two attached hydrogens (primary N) is 1. The van der Waals surface area contributed by atoms with Crippen molar-refractivity contribution in [3.63, 3.8) is 0 Å². The first-order valence-electron chi connectivity index (χ1n) is 8.28. The van der Waals surface area contributed by atoms with Gasteiger partial charge in [0.15, 0.2) is 17.8 Å². The highest BCUT2D eigenvalue weighted by molar-refractivity contribution is 6.01. The number of ether oxygens (including phenoxy) is 2. The number of rotatable bonds is 9. The first-order valence-corrected chi connectivity index (χ1v) is 8.28. The molecular weight excluding hydrogens is 380 g/mol. The van der Waals surface area contributed by atoms with Crippen molar-refractivity contribution in [2.45, 2.75) is 0 Å². The average molecular weight is 400 g/mol. The van der Waals surface area contributed by atoms with Crippen molar-refractivity contribution in [1.29, 1.82) is 0 Å². The second-order valence-electron chi connectivity index (χ2n) is 5.63. The summed E-state index contributed by atoms with van der Waals surface area (Å²) < 4.78 is 10.5. The van der Waals surface area contributed by atoms with Gasteiger partial charge in [-0.25, -0.2) is 9.97 Å². The summed E-state index contributed by atoms with van der Waals surface area (Å²) in [6.45, 7) is 3.19. The lowest BCUT2D eigenvalue weighted by Gasteiger charge is -2.20. The van der Waals surface area contributed by atoms with Gasteiger partial charge in [0, 0.05) is 19.4 Å². The van der Waals surface area contributed by atoms with Gasteiger partial charge in [-0.2, -0.15) is 0 Å². The Morgan fingerprint density at radius 2 is 2.03 bits per heavy atom. The highest BCUT2D eigenvalue weighted by Gasteiger charge is 2.22. The van der Waals surface area contributed by atoms with Gasteiger partial charge in [0.2, 0.25) is 5.95 Å². The number of nitrogen functional groups attached to an aromatic ring is 1. The molecule has 11 nitrogen and oxygen atoms in total. The molecule has 0 saturated carbocycles. The highest BCUT2D eigenvalue weighted by atomic mass is 16.5. The van der Waals surface area contributed by atoms with E-state index in [1.807, 2.05) is 0 Å². The molecule has 2 rings (SSSR count). The average Bonchev–Trinajstić information content (AvgIpc) is 2.74. The van der Waals surface area contributed by atoms with Crippen molar-refractivity contribution in [3.05, 3.63) is 35.7 Å². The molecule has 1 aromatic heterocycles. The van der Waals surface area contributed by atoms with E-state index >= 15 is 0 Å². The van der Waals surface area contributed by atoms with Gasteiger partial charge in [0.1, 0.15) is 12.3 Å². The molecule has 0 aliphatic heterocycles. The number of hydrogen-bond donors (Lipinski definition) is 2. The van der Waals surface area contributed by atoms with E-state index in [1.54, 1.807) is 0 Å².